The van der Waals surface area contributed by atoms with Gasteiger partial charge in [0.1, 0.15) is 0 Å². The van der Waals surface area contributed by atoms with Gasteiger partial charge in [0.15, 0.2) is 0 Å². The van der Waals surface area contributed by atoms with Crippen LogP contribution in [0.3, 0.4) is 0 Å². The molecule has 0 bridgehead atoms. The Morgan fingerprint density at radius 2 is 1.92 bits per heavy atom. The van der Waals surface area contributed by atoms with Crippen molar-refractivity contribution in [1.82, 2.24) is 5.32 Å². The van der Waals surface area contributed by atoms with Crippen molar-refractivity contribution in [3.63, 3.8) is 0 Å². The predicted molar refractivity (Wildman–Crippen MR) is 56.2 cm³/mol. The Labute approximate surface area is 77.2 Å². The Kier molecular flexibility index (Phi) is 8.30. The molecule has 0 aliphatic carbocycles. The number of rotatable bonds is 7. The predicted octanol–water partition coefficient (Wildman–Crippen LogP) is 3.47. The second kappa shape index (κ2) is 8.63. The molecule has 0 atom stereocenters. The third-order valence-electron chi connectivity index (χ3n) is 2.00. The van der Waals surface area contributed by atoms with Gasteiger partial charge in [-0.1, -0.05) is 39.2 Å². The second-order valence-electron chi connectivity index (χ2n) is 3.20. The molecule has 1 nitrogen and oxygen atoms in total. The molecule has 0 aromatic heterocycles. The van der Waals surface area contributed by atoms with Crippen LogP contribution in [0.2, 0.25) is 0 Å². The normalized spacial score (nSPS) is 11.8. The summed E-state index contributed by atoms with van der Waals surface area (Å²) in [5, 5.41) is 3.47. The summed E-state index contributed by atoms with van der Waals surface area (Å²) in [6.45, 7) is 7.71. The van der Waals surface area contributed by atoms with E-state index in [0.29, 0.717) is 0 Å². The zero-order valence-corrected chi connectivity index (χ0v) is 8.82. The molecule has 0 aromatic carbocycles. The summed E-state index contributed by atoms with van der Waals surface area (Å²) in [5.74, 6) is 0. The topological polar surface area (TPSA) is 12.0 Å². The third kappa shape index (κ3) is 6.26. The third-order valence-corrected chi connectivity index (χ3v) is 2.00. The first kappa shape index (κ1) is 11.5. The van der Waals surface area contributed by atoms with Crippen LogP contribution < -0.4 is 5.32 Å². The minimum atomic E-state index is 1.15. The van der Waals surface area contributed by atoms with E-state index < -0.39 is 0 Å². The summed E-state index contributed by atoms with van der Waals surface area (Å²) in [6, 6.07) is 0. The number of unbranched alkanes of at least 4 members (excludes halogenated alkanes) is 2. The molecule has 0 rings (SSSR count). The van der Waals surface area contributed by atoms with Crippen LogP contribution in [0, 0.1) is 0 Å². The maximum Gasteiger partial charge on any atom is 0.0143 e. The monoisotopic (exact) mass is 169 g/mol. The van der Waals surface area contributed by atoms with E-state index in [4.69, 9.17) is 0 Å². The molecule has 0 unspecified atom stereocenters. The highest BCUT2D eigenvalue weighted by Crippen LogP contribution is 2.01. The summed E-state index contributed by atoms with van der Waals surface area (Å²) >= 11 is 0. The minimum Gasteiger partial charge on any atom is -0.389 e. The Bertz CT molecular complexity index is 116. The summed E-state index contributed by atoms with van der Waals surface area (Å²) < 4.78 is 0. The van der Waals surface area contributed by atoms with Gasteiger partial charge >= 0.3 is 0 Å². The van der Waals surface area contributed by atoms with Crippen LogP contribution in [0.25, 0.3) is 0 Å². The highest BCUT2D eigenvalue weighted by molar-refractivity contribution is 4.96. The Balaban J connectivity index is 3.33. The molecular weight excluding hydrogens is 146 g/mol. The van der Waals surface area contributed by atoms with Crippen LogP contribution >= 0.6 is 0 Å². The zero-order chi connectivity index (χ0) is 9.23. The van der Waals surface area contributed by atoms with E-state index in [1.807, 2.05) is 0 Å². The lowest BCUT2D eigenvalue weighted by molar-refractivity contribution is 0.647. The standard InChI is InChI=1S/C11H23N/c1-4-7-8-10-12-11(6-3)9-5-2/h6,12H,4-5,7-10H2,1-3H3. The molecule has 0 spiro atoms. The van der Waals surface area contributed by atoms with Gasteiger partial charge in [0.25, 0.3) is 0 Å². The van der Waals surface area contributed by atoms with E-state index >= 15 is 0 Å². The minimum absolute atomic E-state index is 1.15. The van der Waals surface area contributed by atoms with Gasteiger partial charge in [0.2, 0.25) is 0 Å². The van der Waals surface area contributed by atoms with Crippen LogP contribution in [0.4, 0.5) is 0 Å². The SMILES string of the molecule is CC=C(CCC)NCCCCC. The molecule has 72 valence electrons. The smallest absolute Gasteiger partial charge is 0.0143 e. The van der Waals surface area contributed by atoms with E-state index in [1.165, 1.54) is 37.8 Å². The lowest BCUT2D eigenvalue weighted by Gasteiger charge is -2.08. The molecule has 0 fully saturated rings. The van der Waals surface area contributed by atoms with Crippen molar-refractivity contribution in [2.75, 3.05) is 6.54 Å². The summed E-state index contributed by atoms with van der Waals surface area (Å²) in [4.78, 5) is 0. The van der Waals surface area contributed by atoms with Gasteiger partial charge in [-0.2, -0.15) is 0 Å². The molecule has 0 aromatic rings. The molecule has 0 saturated heterocycles. The van der Waals surface area contributed by atoms with E-state index in [1.54, 1.807) is 0 Å². The van der Waals surface area contributed by atoms with Crippen molar-refractivity contribution >= 4 is 0 Å². The average molecular weight is 169 g/mol. The molecule has 0 heterocycles. The molecule has 1 heteroatoms. The van der Waals surface area contributed by atoms with Gasteiger partial charge in [-0.3, -0.25) is 0 Å². The lowest BCUT2D eigenvalue weighted by Crippen LogP contribution is -2.14. The fourth-order valence-electron chi connectivity index (χ4n) is 1.23. The first-order chi connectivity index (χ1) is 5.85. The van der Waals surface area contributed by atoms with E-state index in [0.717, 1.165) is 6.54 Å². The fraction of sp³-hybridized carbons (Fsp3) is 0.818. The van der Waals surface area contributed by atoms with E-state index in [2.05, 4.69) is 32.2 Å². The van der Waals surface area contributed by atoms with Crippen molar-refractivity contribution in [2.45, 2.75) is 52.9 Å². The van der Waals surface area contributed by atoms with E-state index in [9.17, 15) is 0 Å². The van der Waals surface area contributed by atoms with Crippen LogP contribution in [0.1, 0.15) is 52.9 Å². The largest absolute Gasteiger partial charge is 0.389 e. The highest BCUT2D eigenvalue weighted by Gasteiger charge is 1.92. The molecule has 0 amide bonds. The number of hydrogen-bond acceptors (Lipinski definition) is 1. The van der Waals surface area contributed by atoms with Gasteiger partial charge in [-0.05, 0) is 19.8 Å². The first-order valence-electron chi connectivity index (χ1n) is 5.24. The van der Waals surface area contributed by atoms with Gasteiger partial charge < -0.3 is 5.32 Å². The van der Waals surface area contributed by atoms with Crippen molar-refractivity contribution in [3.8, 4) is 0 Å². The molecule has 0 radical (unpaired) electrons. The molecule has 0 aliphatic rings. The van der Waals surface area contributed by atoms with Crippen LogP contribution in [-0.4, -0.2) is 6.54 Å². The molecule has 12 heavy (non-hydrogen) atoms. The maximum absolute atomic E-state index is 3.47. The first-order valence-corrected chi connectivity index (χ1v) is 5.24. The number of nitrogens with one attached hydrogen (secondary N) is 1. The van der Waals surface area contributed by atoms with Crippen LogP contribution in [0.15, 0.2) is 11.8 Å². The second-order valence-corrected chi connectivity index (χ2v) is 3.20. The van der Waals surface area contributed by atoms with Gasteiger partial charge in [0.05, 0.1) is 0 Å². The maximum atomic E-state index is 3.47. The number of allylic oxidation sites excluding steroid dienone is 2. The highest BCUT2D eigenvalue weighted by atomic mass is 14.9. The lowest BCUT2D eigenvalue weighted by atomic mass is 10.2. The Morgan fingerprint density at radius 3 is 2.42 bits per heavy atom. The van der Waals surface area contributed by atoms with E-state index in [-0.39, 0.29) is 0 Å². The van der Waals surface area contributed by atoms with Crippen LogP contribution in [-0.2, 0) is 0 Å². The summed E-state index contributed by atoms with van der Waals surface area (Å²) in [5.41, 5.74) is 1.41. The van der Waals surface area contributed by atoms with Crippen molar-refractivity contribution in [3.05, 3.63) is 11.8 Å². The molecular formula is C11H23N. The van der Waals surface area contributed by atoms with Crippen molar-refractivity contribution < 1.29 is 0 Å². The Hall–Kier alpha value is -0.460. The van der Waals surface area contributed by atoms with Gasteiger partial charge in [-0.15, -0.1) is 0 Å². The van der Waals surface area contributed by atoms with Crippen molar-refractivity contribution in [1.29, 1.82) is 0 Å². The summed E-state index contributed by atoms with van der Waals surface area (Å²) in [7, 11) is 0. The average Bonchev–Trinajstić information content (AvgIpc) is 2.10. The summed E-state index contributed by atoms with van der Waals surface area (Å²) in [6.07, 6.45) is 8.58. The van der Waals surface area contributed by atoms with Crippen LogP contribution in [0.5, 0.6) is 0 Å². The molecule has 0 aliphatic heterocycles. The molecule has 1 N–H and O–H groups in total. The zero-order valence-electron chi connectivity index (χ0n) is 8.82. The van der Waals surface area contributed by atoms with Crippen molar-refractivity contribution in [2.24, 2.45) is 0 Å². The fourth-order valence-corrected chi connectivity index (χ4v) is 1.23. The van der Waals surface area contributed by atoms with Gasteiger partial charge in [0, 0.05) is 12.2 Å². The number of hydrogen-bond donors (Lipinski definition) is 1. The molecule has 0 saturated carbocycles. The Morgan fingerprint density at radius 1 is 1.17 bits per heavy atom. The van der Waals surface area contributed by atoms with Gasteiger partial charge in [-0.25, -0.2) is 0 Å². The quantitative estimate of drug-likeness (QED) is 0.575.